The van der Waals surface area contributed by atoms with Crippen molar-refractivity contribution in [1.82, 2.24) is 0 Å². The summed E-state index contributed by atoms with van der Waals surface area (Å²) in [6, 6.07) is 8.66. The van der Waals surface area contributed by atoms with Gasteiger partial charge in [-0.25, -0.2) is 0 Å². The monoisotopic (exact) mass is 270 g/mol. The van der Waals surface area contributed by atoms with E-state index in [1.54, 1.807) is 0 Å². The van der Waals surface area contributed by atoms with E-state index in [9.17, 15) is 0 Å². The van der Waals surface area contributed by atoms with Gasteiger partial charge >= 0.3 is 0 Å². The molecule has 1 heteroatoms. The van der Waals surface area contributed by atoms with Gasteiger partial charge in [-0.15, -0.1) is 0 Å². The van der Waals surface area contributed by atoms with Crippen LogP contribution in [0.2, 0.25) is 0 Å². The van der Waals surface area contributed by atoms with E-state index in [-0.39, 0.29) is 0 Å². The van der Waals surface area contributed by atoms with Gasteiger partial charge in [-0.2, -0.15) is 0 Å². The van der Waals surface area contributed by atoms with Gasteiger partial charge in [0, 0.05) is 4.43 Å². The summed E-state index contributed by atoms with van der Waals surface area (Å²) in [6.07, 6.45) is 5.80. The molecular formula is C11H11I. The highest BCUT2D eigenvalue weighted by atomic mass is 127. The number of alkyl halides is 1. The van der Waals surface area contributed by atoms with E-state index in [4.69, 9.17) is 0 Å². The second-order valence-electron chi connectivity index (χ2n) is 3.18. The highest BCUT2D eigenvalue weighted by Gasteiger charge is 2.10. The summed E-state index contributed by atoms with van der Waals surface area (Å²) in [6.45, 7) is 0. The zero-order valence-corrected chi connectivity index (χ0v) is 8.99. The summed E-state index contributed by atoms with van der Waals surface area (Å²) in [4.78, 5) is 0. The molecule has 1 atom stereocenters. The fourth-order valence-corrected chi connectivity index (χ4v) is 2.18. The summed E-state index contributed by atoms with van der Waals surface area (Å²) in [5.74, 6) is 0.750. The Morgan fingerprint density at radius 2 is 2.17 bits per heavy atom. The molecule has 0 bridgehead atoms. The lowest BCUT2D eigenvalue weighted by Gasteiger charge is -2.16. The Labute approximate surface area is 86.8 Å². The van der Waals surface area contributed by atoms with Crippen molar-refractivity contribution in [3.63, 3.8) is 0 Å². The Hall–Kier alpha value is -0.310. The van der Waals surface area contributed by atoms with Gasteiger partial charge in [0.15, 0.2) is 0 Å². The number of fused-ring (bicyclic) bond motifs is 1. The maximum Gasteiger partial charge on any atom is 0.00616 e. The Bertz CT molecular complexity index is 302. The number of halogens is 1. The van der Waals surface area contributed by atoms with E-state index < -0.39 is 0 Å². The number of rotatable bonds is 1. The summed E-state index contributed by atoms with van der Waals surface area (Å²) >= 11 is 2.45. The van der Waals surface area contributed by atoms with Gasteiger partial charge < -0.3 is 0 Å². The Kier molecular flexibility index (Phi) is 2.49. The van der Waals surface area contributed by atoms with Crippen molar-refractivity contribution in [2.45, 2.75) is 6.42 Å². The summed E-state index contributed by atoms with van der Waals surface area (Å²) < 4.78 is 1.22. The van der Waals surface area contributed by atoms with Crippen LogP contribution in [0.3, 0.4) is 0 Å². The van der Waals surface area contributed by atoms with Gasteiger partial charge in [-0.05, 0) is 23.5 Å². The number of hydrogen-bond acceptors (Lipinski definition) is 0. The first kappa shape index (κ1) is 8.30. The first-order valence-corrected chi connectivity index (χ1v) is 5.75. The molecule has 12 heavy (non-hydrogen) atoms. The van der Waals surface area contributed by atoms with Crippen LogP contribution in [0.5, 0.6) is 0 Å². The standard InChI is InChI=1S/C11H11I/c12-8-9-5-6-10-3-1-2-4-11(10)7-9/h1-6,9H,7-8H2/t9-/m0/s1. The van der Waals surface area contributed by atoms with Gasteiger partial charge in [0.2, 0.25) is 0 Å². The molecule has 0 aromatic heterocycles. The predicted molar refractivity (Wildman–Crippen MR) is 61.6 cm³/mol. The molecule has 0 saturated heterocycles. The topological polar surface area (TPSA) is 0 Å². The van der Waals surface area contributed by atoms with Crippen LogP contribution >= 0.6 is 22.6 Å². The van der Waals surface area contributed by atoms with Crippen molar-refractivity contribution in [1.29, 1.82) is 0 Å². The lowest BCUT2D eigenvalue weighted by atomic mass is 9.91. The van der Waals surface area contributed by atoms with Crippen LogP contribution in [-0.4, -0.2) is 4.43 Å². The average molecular weight is 270 g/mol. The van der Waals surface area contributed by atoms with E-state index >= 15 is 0 Å². The third-order valence-electron chi connectivity index (χ3n) is 2.28. The third kappa shape index (κ3) is 1.56. The molecule has 1 aromatic rings. The van der Waals surface area contributed by atoms with Crippen LogP contribution in [0, 0.1) is 5.92 Å². The lowest BCUT2D eigenvalue weighted by Crippen LogP contribution is -2.07. The third-order valence-corrected chi connectivity index (χ3v) is 3.41. The van der Waals surface area contributed by atoms with Crippen molar-refractivity contribution >= 4 is 28.7 Å². The van der Waals surface area contributed by atoms with E-state index in [0.29, 0.717) is 0 Å². The number of allylic oxidation sites excluding steroid dienone is 1. The van der Waals surface area contributed by atoms with Crippen LogP contribution < -0.4 is 0 Å². The van der Waals surface area contributed by atoms with Crippen LogP contribution in [0.1, 0.15) is 11.1 Å². The molecule has 0 saturated carbocycles. The molecule has 1 aromatic carbocycles. The zero-order chi connectivity index (χ0) is 8.39. The maximum atomic E-state index is 2.45. The molecule has 0 aliphatic heterocycles. The van der Waals surface area contributed by atoms with Crippen LogP contribution in [0.4, 0.5) is 0 Å². The predicted octanol–water partition coefficient (Wildman–Crippen LogP) is 3.31. The average Bonchev–Trinajstić information content (AvgIpc) is 2.17. The summed E-state index contributed by atoms with van der Waals surface area (Å²) in [5, 5.41) is 0. The molecule has 1 aliphatic rings. The summed E-state index contributed by atoms with van der Waals surface area (Å²) in [7, 11) is 0. The van der Waals surface area contributed by atoms with Crippen LogP contribution in [-0.2, 0) is 6.42 Å². The fourth-order valence-electron chi connectivity index (χ4n) is 1.58. The first-order valence-electron chi connectivity index (χ1n) is 4.22. The quantitative estimate of drug-likeness (QED) is 0.542. The SMILES string of the molecule is IC[C@H]1C=Cc2ccccc2C1. The molecule has 0 N–H and O–H groups in total. The van der Waals surface area contributed by atoms with Gasteiger partial charge in [-0.1, -0.05) is 59.0 Å². The normalized spacial score (nSPS) is 20.6. The second kappa shape index (κ2) is 3.60. The smallest absolute Gasteiger partial charge is 0.00616 e. The van der Waals surface area contributed by atoms with E-state index in [2.05, 4.69) is 59.0 Å². The minimum absolute atomic E-state index is 0.750. The molecule has 2 rings (SSSR count). The van der Waals surface area contributed by atoms with Gasteiger partial charge in [0.05, 0.1) is 0 Å². The van der Waals surface area contributed by atoms with Crippen LogP contribution in [0.15, 0.2) is 30.3 Å². The molecule has 0 nitrogen and oxygen atoms in total. The number of hydrogen-bond donors (Lipinski definition) is 0. The van der Waals surface area contributed by atoms with Crippen molar-refractivity contribution in [3.8, 4) is 0 Å². The molecule has 1 aliphatic carbocycles. The minimum Gasteiger partial charge on any atom is -0.0857 e. The molecule has 0 amide bonds. The molecular weight excluding hydrogens is 259 g/mol. The van der Waals surface area contributed by atoms with Gasteiger partial charge in [0.1, 0.15) is 0 Å². The molecule has 0 spiro atoms. The fraction of sp³-hybridized carbons (Fsp3) is 0.273. The minimum atomic E-state index is 0.750. The van der Waals surface area contributed by atoms with E-state index in [0.717, 1.165) is 5.92 Å². The molecule has 0 fully saturated rings. The van der Waals surface area contributed by atoms with Crippen LogP contribution in [0.25, 0.3) is 6.08 Å². The van der Waals surface area contributed by atoms with Crippen molar-refractivity contribution < 1.29 is 0 Å². The Morgan fingerprint density at radius 3 is 3.00 bits per heavy atom. The maximum absolute atomic E-state index is 2.45. The lowest BCUT2D eigenvalue weighted by molar-refractivity contribution is 0.739. The molecule has 0 radical (unpaired) electrons. The summed E-state index contributed by atoms with van der Waals surface area (Å²) in [5.41, 5.74) is 2.90. The van der Waals surface area contributed by atoms with E-state index in [1.807, 2.05) is 0 Å². The molecule has 0 heterocycles. The van der Waals surface area contributed by atoms with Crippen molar-refractivity contribution in [2.75, 3.05) is 4.43 Å². The highest BCUT2D eigenvalue weighted by molar-refractivity contribution is 14.1. The van der Waals surface area contributed by atoms with E-state index in [1.165, 1.54) is 22.0 Å². The zero-order valence-electron chi connectivity index (χ0n) is 6.83. The molecule has 62 valence electrons. The number of benzene rings is 1. The first-order chi connectivity index (χ1) is 5.90. The largest absolute Gasteiger partial charge is 0.0857 e. The molecule has 0 unspecified atom stereocenters. The van der Waals surface area contributed by atoms with Crippen molar-refractivity contribution in [3.05, 3.63) is 41.5 Å². The Morgan fingerprint density at radius 1 is 1.33 bits per heavy atom. The van der Waals surface area contributed by atoms with Crippen molar-refractivity contribution in [2.24, 2.45) is 5.92 Å². The highest BCUT2D eigenvalue weighted by Crippen LogP contribution is 2.23. The van der Waals surface area contributed by atoms with Gasteiger partial charge in [0.25, 0.3) is 0 Å². The second-order valence-corrected chi connectivity index (χ2v) is 4.06. The van der Waals surface area contributed by atoms with Gasteiger partial charge in [-0.3, -0.25) is 0 Å². The Balaban J connectivity index is 2.33.